The van der Waals surface area contributed by atoms with Gasteiger partial charge in [-0.15, -0.1) is 26.3 Å². The van der Waals surface area contributed by atoms with E-state index in [-0.39, 0.29) is 11.5 Å². The van der Waals surface area contributed by atoms with Crippen LogP contribution in [0.15, 0.2) is 73.6 Å². The zero-order chi connectivity index (χ0) is 24.9. The molecule has 0 bridgehead atoms. The summed E-state index contributed by atoms with van der Waals surface area (Å²) in [6.45, 7) is 0. The highest BCUT2D eigenvalue weighted by Crippen LogP contribution is 2.27. The molecular formula is C22H18F6N4O2. The van der Waals surface area contributed by atoms with Crippen LogP contribution in [0.25, 0.3) is 22.5 Å². The number of alkyl halides is 6. The molecule has 0 spiro atoms. The highest BCUT2D eigenvalue weighted by atomic mass is 19.4. The van der Waals surface area contributed by atoms with Gasteiger partial charge in [-0.05, 0) is 48.5 Å². The Bertz CT molecular complexity index is 1100. The molecule has 12 heteroatoms. The van der Waals surface area contributed by atoms with Crippen LogP contribution in [0, 0.1) is 0 Å². The molecule has 180 valence electrons. The third-order valence-corrected chi connectivity index (χ3v) is 4.40. The molecule has 0 N–H and O–H groups in total. The molecule has 0 amide bonds. The van der Waals surface area contributed by atoms with Gasteiger partial charge in [0.2, 0.25) is 0 Å². The summed E-state index contributed by atoms with van der Waals surface area (Å²) in [5.74, 6) is -0.466. The van der Waals surface area contributed by atoms with Crippen LogP contribution in [0.1, 0.15) is 0 Å². The Kier molecular flexibility index (Phi) is 7.18. The maximum absolute atomic E-state index is 11.9. The van der Waals surface area contributed by atoms with Crippen molar-refractivity contribution in [3.63, 3.8) is 0 Å². The number of hydrogen-bond donors (Lipinski definition) is 0. The molecule has 34 heavy (non-hydrogen) atoms. The molecule has 0 atom stereocenters. The van der Waals surface area contributed by atoms with Crippen LogP contribution in [0.5, 0.6) is 11.5 Å². The Morgan fingerprint density at radius 3 is 1.15 bits per heavy atom. The standard InChI is InChI=1S/2C11H9F3N2O/c2*1-16-7-15-6-10(16)8-2-4-9(5-3-8)17-11(12,13)14/h2*2-7H,1H3. The number of imidazole rings is 2. The van der Waals surface area contributed by atoms with Crippen molar-refractivity contribution >= 4 is 0 Å². The van der Waals surface area contributed by atoms with Crippen molar-refractivity contribution in [3.8, 4) is 34.0 Å². The lowest BCUT2D eigenvalue weighted by Gasteiger charge is -2.09. The molecule has 6 nitrogen and oxygen atoms in total. The summed E-state index contributed by atoms with van der Waals surface area (Å²) in [7, 11) is 3.62. The van der Waals surface area contributed by atoms with Crippen molar-refractivity contribution in [1.82, 2.24) is 19.1 Å². The highest BCUT2D eigenvalue weighted by molar-refractivity contribution is 5.60. The number of aryl methyl sites for hydroxylation is 2. The van der Waals surface area contributed by atoms with Gasteiger partial charge in [0.15, 0.2) is 0 Å². The second-order valence-corrected chi connectivity index (χ2v) is 6.92. The minimum atomic E-state index is -4.66. The summed E-state index contributed by atoms with van der Waals surface area (Å²) in [5.41, 5.74) is 3.20. The maximum Gasteiger partial charge on any atom is 0.573 e. The van der Waals surface area contributed by atoms with E-state index < -0.39 is 12.7 Å². The highest BCUT2D eigenvalue weighted by Gasteiger charge is 2.31. The lowest BCUT2D eigenvalue weighted by Crippen LogP contribution is -2.16. The number of aromatic nitrogens is 4. The summed E-state index contributed by atoms with van der Waals surface area (Å²) < 4.78 is 82.8. The average Bonchev–Trinajstić information content (AvgIpc) is 3.35. The molecule has 4 aromatic rings. The molecule has 2 aromatic carbocycles. The third-order valence-electron chi connectivity index (χ3n) is 4.40. The minimum Gasteiger partial charge on any atom is -0.406 e. The fourth-order valence-electron chi connectivity index (χ4n) is 2.93. The van der Waals surface area contributed by atoms with E-state index in [4.69, 9.17) is 0 Å². The Morgan fingerprint density at radius 2 is 0.912 bits per heavy atom. The van der Waals surface area contributed by atoms with E-state index in [0.29, 0.717) is 0 Å². The first-order valence-corrected chi connectivity index (χ1v) is 9.56. The van der Waals surface area contributed by atoms with Gasteiger partial charge in [-0.25, -0.2) is 9.97 Å². The van der Waals surface area contributed by atoms with Crippen molar-refractivity contribution in [1.29, 1.82) is 0 Å². The zero-order valence-corrected chi connectivity index (χ0v) is 17.8. The fraction of sp³-hybridized carbons (Fsp3) is 0.182. The number of benzene rings is 2. The summed E-state index contributed by atoms with van der Waals surface area (Å²) in [4.78, 5) is 7.86. The van der Waals surface area contributed by atoms with Crippen LogP contribution in [0.2, 0.25) is 0 Å². The predicted octanol–water partition coefficient (Wildman–Crippen LogP) is 5.97. The summed E-state index contributed by atoms with van der Waals surface area (Å²) in [6, 6.07) is 11.3. The Hall–Kier alpha value is -3.96. The van der Waals surface area contributed by atoms with Crippen LogP contribution in [-0.4, -0.2) is 31.8 Å². The zero-order valence-electron chi connectivity index (χ0n) is 17.8. The Morgan fingerprint density at radius 1 is 0.588 bits per heavy atom. The molecule has 0 aliphatic carbocycles. The first kappa shape index (κ1) is 24.7. The van der Waals surface area contributed by atoms with Gasteiger partial charge in [0.1, 0.15) is 11.5 Å². The van der Waals surface area contributed by atoms with E-state index in [1.54, 1.807) is 58.4 Å². The molecule has 0 saturated carbocycles. The Labute approximate surface area is 190 Å². The second kappa shape index (κ2) is 9.89. The van der Waals surface area contributed by atoms with E-state index >= 15 is 0 Å². The van der Waals surface area contributed by atoms with E-state index in [1.165, 1.54) is 24.3 Å². The van der Waals surface area contributed by atoms with E-state index in [0.717, 1.165) is 22.5 Å². The summed E-state index contributed by atoms with van der Waals surface area (Å²) >= 11 is 0. The van der Waals surface area contributed by atoms with Gasteiger partial charge in [0.05, 0.1) is 36.4 Å². The van der Waals surface area contributed by atoms with Gasteiger partial charge in [-0.1, -0.05) is 0 Å². The van der Waals surface area contributed by atoms with E-state index in [1.807, 2.05) is 14.1 Å². The number of ether oxygens (including phenoxy) is 2. The normalized spacial score (nSPS) is 11.5. The molecule has 2 heterocycles. The quantitative estimate of drug-likeness (QED) is 0.335. The third kappa shape index (κ3) is 7.02. The van der Waals surface area contributed by atoms with Crippen LogP contribution in [-0.2, 0) is 14.1 Å². The number of rotatable bonds is 4. The summed E-state index contributed by atoms with van der Waals surface area (Å²) in [5, 5.41) is 0. The minimum absolute atomic E-state index is 0.233. The monoisotopic (exact) mass is 484 g/mol. The van der Waals surface area contributed by atoms with Crippen LogP contribution in [0.4, 0.5) is 26.3 Å². The topological polar surface area (TPSA) is 54.1 Å². The Balaban J connectivity index is 0.000000191. The van der Waals surface area contributed by atoms with Crippen molar-refractivity contribution < 1.29 is 35.8 Å². The molecule has 0 saturated heterocycles. The SMILES string of the molecule is Cn1cncc1-c1ccc(OC(F)(F)F)cc1.Cn1cncc1-c1ccc(OC(F)(F)F)cc1. The average molecular weight is 484 g/mol. The second-order valence-electron chi connectivity index (χ2n) is 6.92. The first-order valence-electron chi connectivity index (χ1n) is 9.56. The largest absolute Gasteiger partial charge is 0.573 e. The van der Waals surface area contributed by atoms with Gasteiger partial charge in [0.25, 0.3) is 0 Å². The maximum atomic E-state index is 11.9. The molecule has 0 aliphatic rings. The lowest BCUT2D eigenvalue weighted by atomic mass is 10.1. The predicted molar refractivity (Wildman–Crippen MR) is 111 cm³/mol. The summed E-state index contributed by atoms with van der Waals surface area (Å²) in [6.07, 6.45) is -2.80. The molecule has 0 radical (unpaired) electrons. The molecule has 0 unspecified atom stereocenters. The van der Waals surface area contributed by atoms with Gasteiger partial charge < -0.3 is 18.6 Å². The van der Waals surface area contributed by atoms with Crippen LogP contribution >= 0.6 is 0 Å². The van der Waals surface area contributed by atoms with Gasteiger partial charge in [-0.2, -0.15) is 0 Å². The molecule has 2 aromatic heterocycles. The fourth-order valence-corrected chi connectivity index (χ4v) is 2.93. The first-order chi connectivity index (χ1) is 15.9. The van der Waals surface area contributed by atoms with Crippen molar-refractivity contribution in [3.05, 3.63) is 73.6 Å². The number of nitrogens with zero attached hydrogens (tertiary/aromatic N) is 4. The van der Waals surface area contributed by atoms with E-state index in [2.05, 4.69) is 19.4 Å². The van der Waals surface area contributed by atoms with Crippen molar-refractivity contribution in [2.45, 2.75) is 12.7 Å². The van der Waals surface area contributed by atoms with Crippen LogP contribution < -0.4 is 9.47 Å². The molecule has 0 aliphatic heterocycles. The van der Waals surface area contributed by atoms with Crippen LogP contribution in [0.3, 0.4) is 0 Å². The van der Waals surface area contributed by atoms with E-state index in [9.17, 15) is 26.3 Å². The lowest BCUT2D eigenvalue weighted by molar-refractivity contribution is -0.275. The number of halogens is 6. The smallest absolute Gasteiger partial charge is 0.406 e. The van der Waals surface area contributed by atoms with Gasteiger partial charge in [-0.3, -0.25) is 0 Å². The van der Waals surface area contributed by atoms with Gasteiger partial charge >= 0.3 is 12.7 Å². The number of hydrogen-bond acceptors (Lipinski definition) is 4. The molecule has 0 fully saturated rings. The van der Waals surface area contributed by atoms with Crippen molar-refractivity contribution in [2.24, 2.45) is 14.1 Å². The van der Waals surface area contributed by atoms with Crippen molar-refractivity contribution in [2.75, 3.05) is 0 Å². The van der Waals surface area contributed by atoms with Gasteiger partial charge in [0, 0.05) is 25.2 Å². The molecular weight excluding hydrogens is 466 g/mol. The molecule has 4 rings (SSSR count).